The zero-order valence-electron chi connectivity index (χ0n) is 22.3. The summed E-state index contributed by atoms with van der Waals surface area (Å²) >= 11 is 0. The van der Waals surface area contributed by atoms with Gasteiger partial charge in [-0.25, -0.2) is 0 Å². The predicted octanol–water partition coefficient (Wildman–Crippen LogP) is 8.19. The van der Waals surface area contributed by atoms with E-state index >= 15 is 0 Å². The summed E-state index contributed by atoms with van der Waals surface area (Å²) in [6, 6.07) is 30.7. The summed E-state index contributed by atoms with van der Waals surface area (Å²) in [6.45, 7) is 8.35. The summed E-state index contributed by atoms with van der Waals surface area (Å²) in [6.07, 6.45) is 0. The van der Waals surface area contributed by atoms with Gasteiger partial charge in [-0.1, -0.05) is 48.5 Å². The van der Waals surface area contributed by atoms with E-state index in [4.69, 9.17) is 13.7 Å². The Morgan fingerprint density at radius 3 is 2.05 bits per heavy atom. The maximum absolute atomic E-state index is 6.35. The van der Waals surface area contributed by atoms with Gasteiger partial charge in [0.25, 0.3) is 0 Å². The Labute approximate surface area is 225 Å². The van der Waals surface area contributed by atoms with Crippen molar-refractivity contribution in [2.75, 3.05) is 0 Å². The van der Waals surface area contributed by atoms with Crippen molar-refractivity contribution >= 4 is 83.4 Å². The molecule has 1 aliphatic heterocycles. The molecule has 8 aromatic rings. The average Bonchev–Trinajstić information content (AvgIpc) is 3.61. The van der Waals surface area contributed by atoms with Gasteiger partial charge < -0.3 is 18.1 Å². The van der Waals surface area contributed by atoms with Gasteiger partial charge >= 0.3 is 7.12 Å². The lowest BCUT2D eigenvalue weighted by Crippen LogP contribution is -2.41. The van der Waals surface area contributed by atoms with Crippen LogP contribution in [0.25, 0.3) is 70.8 Å². The molecule has 0 N–H and O–H groups in total. The molecule has 9 rings (SSSR count). The molecule has 0 atom stereocenters. The van der Waals surface area contributed by atoms with Crippen LogP contribution in [-0.4, -0.2) is 22.7 Å². The van der Waals surface area contributed by atoms with Crippen LogP contribution in [0.3, 0.4) is 0 Å². The molecular weight excluding hydrogens is 481 g/mol. The van der Waals surface area contributed by atoms with Crippen LogP contribution in [0.5, 0.6) is 0 Å². The van der Waals surface area contributed by atoms with Gasteiger partial charge in [-0.15, -0.1) is 0 Å². The monoisotopic (exact) mass is 507 g/mol. The first-order valence-electron chi connectivity index (χ1n) is 13.6. The molecule has 0 spiro atoms. The Morgan fingerprint density at radius 2 is 1.23 bits per heavy atom. The molecule has 0 saturated carbocycles. The van der Waals surface area contributed by atoms with Crippen LogP contribution >= 0.6 is 0 Å². The molecule has 0 bridgehead atoms. The molecule has 0 radical (unpaired) electrons. The average molecular weight is 507 g/mol. The zero-order valence-corrected chi connectivity index (χ0v) is 22.3. The third kappa shape index (κ3) is 2.72. The Hall–Kier alpha value is -4.06. The lowest BCUT2D eigenvalue weighted by Gasteiger charge is -2.32. The summed E-state index contributed by atoms with van der Waals surface area (Å²) in [5.41, 5.74) is 5.79. The highest BCUT2D eigenvalue weighted by Gasteiger charge is 2.51. The van der Waals surface area contributed by atoms with E-state index in [-0.39, 0.29) is 11.2 Å². The summed E-state index contributed by atoms with van der Waals surface area (Å²) in [4.78, 5) is 0. The van der Waals surface area contributed by atoms with Crippen LogP contribution in [0.2, 0.25) is 0 Å². The third-order valence-electron chi connectivity index (χ3n) is 9.32. The van der Waals surface area contributed by atoms with Crippen LogP contribution in [-0.2, 0) is 9.31 Å². The second-order valence-corrected chi connectivity index (χ2v) is 12.1. The van der Waals surface area contributed by atoms with Crippen LogP contribution < -0.4 is 5.46 Å². The largest absolute Gasteiger partial charge is 0.494 e. The first kappa shape index (κ1) is 21.8. The van der Waals surface area contributed by atoms with Crippen molar-refractivity contribution < 1.29 is 13.7 Å². The quantitative estimate of drug-likeness (QED) is 0.210. The fourth-order valence-electron chi connectivity index (χ4n) is 6.59. The summed E-state index contributed by atoms with van der Waals surface area (Å²) < 4.78 is 21.5. The molecule has 3 aromatic heterocycles. The van der Waals surface area contributed by atoms with Crippen molar-refractivity contribution in [3.8, 4) is 0 Å². The van der Waals surface area contributed by atoms with Crippen LogP contribution in [0.1, 0.15) is 27.7 Å². The van der Waals surface area contributed by atoms with E-state index in [1.807, 2.05) is 6.07 Å². The fraction of sp³-hybridized carbons (Fsp3) is 0.176. The normalized spacial score (nSPS) is 17.4. The topological polar surface area (TPSA) is 36.0 Å². The van der Waals surface area contributed by atoms with Gasteiger partial charge in [0.15, 0.2) is 0 Å². The molecule has 5 heteroatoms. The van der Waals surface area contributed by atoms with Crippen molar-refractivity contribution in [2.24, 2.45) is 0 Å². The van der Waals surface area contributed by atoms with E-state index in [0.717, 1.165) is 27.4 Å². The minimum Gasteiger partial charge on any atom is -0.456 e. The van der Waals surface area contributed by atoms with E-state index in [0.29, 0.717) is 0 Å². The fourth-order valence-corrected chi connectivity index (χ4v) is 6.59. The molecule has 39 heavy (non-hydrogen) atoms. The standard InChI is InChI=1S/C34H26BNO3/c1-33(2)34(3,4)39-35(38-33)21-12-13-30-27(18-21)26-15-19-16-29-25(14-20(19)17-31(26)37-30)24-10-7-9-23-22-8-5-6-11-28(22)36(29)32(23)24/h5-18H,1-4H3. The minimum atomic E-state index is -0.406. The van der Waals surface area contributed by atoms with Gasteiger partial charge in [-0.3, -0.25) is 0 Å². The maximum atomic E-state index is 6.35. The SMILES string of the molecule is CC1(C)OB(c2ccc3oc4cc5cc6c7cccc8c9ccccc9n(c6cc5cc4c3c2)c87)OC1(C)C. The molecule has 1 aliphatic rings. The summed E-state index contributed by atoms with van der Waals surface area (Å²) in [5.74, 6) is 0. The molecule has 4 nitrogen and oxygen atoms in total. The Kier molecular flexibility index (Phi) is 3.88. The van der Waals surface area contributed by atoms with Crippen molar-refractivity contribution in [3.05, 3.63) is 84.9 Å². The second kappa shape index (κ2) is 6.92. The molecule has 4 heterocycles. The van der Waals surface area contributed by atoms with Gasteiger partial charge in [0.05, 0.1) is 27.8 Å². The number of nitrogens with zero attached hydrogens (tertiary/aromatic N) is 1. The molecule has 1 saturated heterocycles. The van der Waals surface area contributed by atoms with Gasteiger partial charge in [0.1, 0.15) is 11.2 Å². The molecule has 0 aliphatic carbocycles. The minimum absolute atomic E-state index is 0.382. The van der Waals surface area contributed by atoms with E-state index in [1.165, 1.54) is 48.9 Å². The van der Waals surface area contributed by atoms with E-state index in [1.54, 1.807) is 0 Å². The van der Waals surface area contributed by atoms with Gasteiger partial charge in [-0.2, -0.15) is 0 Å². The number of hydrogen-bond acceptors (Lipinski definition) is 3. The lowest BCUT2D eigenvalue weighted by atomic mass is 9.78. The molecule has 1 fully saturated rings. The van der Waals surface area contributed by atoms with Crippen LogP contribution in [0.15, 0.2) is 89.3 Å². The highest BCUT2D eigenvalue weighted by Crippen LogP contribution is 2.42. The Morgan fingerprint density at radius 1 is 0.564 bits per heavy atom. The molecule has 0 unspecified atom stereocenters. The first-order chi connectivity index (χ1) is 18.8. The van der Waals surface area contributed by atoms with E-state index < -0.39 is 7.12 Å². The maximum Gasteiger partial charge on any atom is 0.494 e. The van der Waals surface area contributed by atoms with E-state index in [2.05, 4.69) is 111 Å². The highest BCUT2D eigenvalue weighted by molar-refractivity contribution is 6.62. The van der Waals surface area contributed by atoms with Crippen LogP contribution in [0.4, 0.5) is 0 Å². The van der Waals surface area contributed by atoms with Crippen molar-refractivity contribution in [1.29, 1.82) is 0 Å². The van der Waals surface area contributed by atoms with Gasteiger partial charge in [-0.05, 0) is 80.3 Å². The summed E-state index contributed by atoms with van der Waals surface area (Å²) in [5, 5.41) is 9.72. The number of hydrogen-bond donors (Lipinski definition) is 0. The first-order valence-corrected chi connectivity index (χ1v) is 13.6. The molecule has 188 valence electrons. The van der Waals surface area contributed by atoms with Crippen molar-refractivity contribution in [3.63, 3.8) is 0 Å². The Balaban J connectivity index is 1.30. The van der Waals surface area contributed by atoms with Crippen LogP contribution in [0, 0.1) is 0 Å². The lowest BCUT2D eigenvalue weighted by molar-refractivity contribution is 0.00578. The van der Waals surface area contributed by atoms with Gasteiger partial charge in [0.2, 0.25) is 0 Å². The number of fused-ring (bicyclic) bond motifs is 10. The number of furan rings is 1. The number of rotatable bonds is 1. The Bertz CT molecular complexity index is 2290. The second-order valence-electron chi connectivity index (χ2n) is 12.1. The summed E-state index contributed by atoms with van der Waals surface area (Å²) in [7, 11) is -0.406. The smallest absolute Gasteiger partial charge is 0.456 e. The predicted molar refractivity (Wildman–Crippen MR) is 162 cm³/mol. The highest BCUT2D eigenvalue weighted by atomic mass is 16.7. The van der Waals surface area contributed by atoms with Crippen molar-refractivity contribution in [1.82, 2.24) is 4.40 Å². The third-order valence-corrected chi connectivity index (χ3v) is 9.32. The number of para-hydroxylation sites is 2. The zero-order chi connectivity index (χ0) is 26.3. The van der Waals surface area contributed by atoms with Gasteiger partial charge in [0, 0.05) is 32.3 Å². The molecule has 5 aromatic carbocycles. The number of benzene rings is 5. The van der Waals surface area contributed by atoms with Crippen molar-refractivity contribution in [2.45, 2.75) is 38.9 Å². The molecular formula is C34H26BNO3. The molecule has 0 amide bonds. The number of aromatic nitrogens is 1. The van der Waals surface area contributed by atoms with E-state index in [9.17, 15) is 0 Å².